The molecular weight excluding hydrogens is 761 g/mol. The molecule has 2 aromatic heterocycles. The first-order valence-corrected chi connectivity index (χ1v) is 18.4. The lowest BCUT2D eigenvalue weighted by molar-refractivity contribution is -0.139. The number of benzene rings is 2. The Morgan fingerprint density at radius 1 is 0.983 bits per heavy atom. The van der Waals surface area contributed by atoms with E-state index in [9.17, 15) is 48.2 Å². The van der Waals surface area contributed by atoms with Crippen LogP contribution < -0.4 is 38.2 Å². The SMILES string of the molecule is C[C@H](N)C(=O)N(C)[C@@H](C)[C@H](NC(=O)[C@H](Cc1ccc(F)cc1)NC(=O)N[C@@H](Cc1c[nH]c2ccccc12)C(=O)O)C(=O)NC[C@H]1C[C@@H](O)[C@H](n2ccc(=O)[nH]c2=O)O1. The Bertz CT molecular complexity index is 2240. The fourth-order valence-corrected chi connectivity index (χ4v) is 6.61. The molecule has 1 fully saturated rings. The molecule has 20 heteroatoms. The van der Waals surface area contributed by atoms with Crippen LogP contribution in [0.1, 0.15) is 37.6 Å². The van der Waals surface area contributed by atoms with Crippen LogP contribution in [0, 0.1) is 5.82 Å². The van der Waals surface area contributed by atoms with Gasteiger partial charge >= 0.3 is 17.7 Å². The highest BCUT2D eigenvalue weighted by Crippen LogP contribution is 2.27. The molecule has 5 rings (SSSR count). The number of hydrogen-bond donors (Lipinski definition) is 9. The third-order valence-corrected chi connectivity index (χ3v) is 9.88. The number of aliphatic carboxylic acids is 1. The van der Waals surface area contributed by atoms with Crippen molar-refractivity contribution >= 4 is 40.6 Å². The zero-order chi connectivity index (χ0) is 42.3. The van der Waals surface area contributed by atoms with Crippen molar-refractivity contribution in [1.29, 1.82) is 0 Å². The van der Waals surface area contributed by atoms with Crippen LogP contribution in [-0.2, 0) is 36.8 Å². The lowest BCUT2D eigenvalue weighted by atomic mass is 10.0. The molecule has 1 aliphatic heterocycles. The fourth-order valence-electron chi connectivity index (χ4n) is 6.61. The number of hydrogen-bond acceptors (Lipinski definition) is 10. The predicted octanol–water partition coefficient (Wildman–Crippen LogP) is -0.793. The third-order valence-electron chi connectivity index (χ3n) is 9.88. The molecule has 5 amide bonds. The fraction of sp³-hybridized carbons (Fsp3) is 0.395. The van der Waals surface area contributed by atoms with Crippen LogP contribution in [0.15, 0.2) is 76.6 Å². The summed E-state index contributed by atoms with van der Waals surface area (Å²) in [4.78, 5) is 96.8. The number of fused-ring (bicyclic) bond motifs is 1. The van der Waals surface area contributed by atoms with Crippen LogP contribution in [-0.4, -0.2) is 115 Å². The second-order valence-corrected chi connectivity index (χ2v) is 14.1. The van der Waals surface area contributed by atoms with Gasteiger partial charge in [0.1, 0.15) is 30.0 Å². The topological polar surface area (TPSA) is 283 Å². The van der Waals surface area contributed by atoms with Crippen LogP contribution >= 0.6 is 0 Å². The molecule has 3 heterocycles. The van der Waals surface area contributed by atoms with Gasteiger partial charge < -0.3 is 51.8 Å². The Hall–Kier alpha value is -6.38. The van der Waals surface area contributed by atoms with E-state index in [4.69, 9.17) is 10.5 Å². The number of amides is 5. The number of aromatic nitrogens is 3. The molecule has 0 bridgehead atoms. The highest BCUT2D eigenvalue weighted by atomic mass is 19.1. The Balaban J connectivity index is 1.34. The van der Waals surface area contributed by atoms with E-state index in [0.29, 0.717) is 11.1 Å². The van der Waals surface area contributed by atoms with Gasteiger partial charge in [-0.25, -0.2) is 18.8 Å². The first-order valence-electron chi connectivity index (χ1n) is 18.4. The first-order chi connectivity index (χ1) is 27.5. The van der Waals surface area contributed by atoms with Gasteiger partial charge in [-0.05, 0) is 43.2 Å². The molecule has 0 aliphatic carbocycles. The first kappa shape index (κ1) is 42.8. The summed E-state index contributed by atoms with van der Waals surface area (Å²) >= 11 is 0. The number of carboxylic acid groups (broad SMARTS) is 1. The minimum atomic E-state index is -1.49. The lowest BCUT2D eigenvalue weighted by Gasteiger charge is -2.34. The highest BCUT2D eigenvalue weighted by molar-refractivity contribution is 5.94. The van der Waals surface area contributed by atoms with Gasteiger partial charge in [-0.15, -0.1) is 0 Å². The third kappa shape index (κ3) is 10.5. The Kier molecular flexibility index (Phi) is 13.8. The van der Waals surface area contributed by atoms with E-state index in [2.05, 4.69) is 31.2 Å². The number of rotatable bonds is 16. The van der Waals surface area contributed by atoms with Gasteiger partial charge in [-0.3, -0.25) is 28.7 Å². The van der Waals surface area contributed by atoms with Gasteiger partial charge in [0.25, 0.3) is 5.56 Å². The molecular formula is C38H46FN9O10. The van der Waals surface area contributed by atoms with Gasteiger partial charge in [-0.1, -0.05) is 30.3 Å². The molecule has 310 valence electrons. The Morgan fingerprint density at radius 3 is 2.34 bits per heavy atom. The van der Waals surface area contributed by atoms with Gasteiger partial charge in [0, 0.05) is 62.2 Å². The minimum Gasteiger partial charge on any atom is -0.480 e. The van der Waals surface area contributed by atoms with Gasteiger partial charge in [0.2, 0.25) is 17.7 Å². The smallest absolute Gasteiger partial charge is 0.330 e. The number of carbonyl (C=O) groups is 5. The molecule has 8 atom stereocenters. The summed E-state index contributed by atoms with van der Waals surface area (Å²) in [5.74, 6) is -4.18. The van der Waals surface area contributed by atoms with E-state index in [1.807, 2.05) is 12.1 Å². The van der Waals surface area contributed by atoms with Crippen molar-refractivity contribution in [2.75, 3.05) is 13.6 Å². The zero-order valence-electron chi connectivity index (χ0n) is 31.8. The number of para-hydroxylation sites is 1. The maximum absolute atomic E-state index is 14.1. The molecule has 10 N–H and O–H groups in total. The average Bonchev–Trinajstić information content (AvgIpc) is 3.77. The molecule has 19 nitrogen and oxygen atoms in total. The number of carbonyl (C=O) groups excluding carboxylic acids is 4. The van der Waals surface area contributed by atoms with E-state index >= 15 is 0 Å². The van der Waals surface area contributed by atoms with E-state index in [-0.39, 0.29) is 25.8 Å². The molecule has 1 aliphatic rings. The summed E-state index contributed by atoms with van der Waals surface area (Å²) in [5, 5.41) is 31.5. The Morgan fingerprint density at radius 2 is 1.67 bits per heavy atom. The van der Waals surface area contributed by atoms with Crippen LogP contribution in [0.5, 0.6) is 0 Å². The minimum absolute atomic E-state index is 0.0252. The predicted molar refractivity (Wildman–Crippen MR) is 206 cm³/mol. The molecule has 4 aromatic rings. The molecule has 1 saturated heterocycles. The van der Waals surface area contributed by atoms with Crippen LogP contribution in [0.2, 0.25) is 0 Å². The van der Waals surface area contributed by atoms with Crippen molar-refractivity contribution in [3.05, 3.63) is 105 Å². The lowest BCUT2D eigenvalue weighted by Crippen LogP contribution is -2.63. The molecule has 0 radical (unpaired) electrons. The number of aliphatic hydroxyl groups excluding tert-OH is 1. The summed E-state index contributed by atoms with van der Waals surface area (Å²) in [6, 6.07) is 5.95. The zero-order valence-corrected chi connectivity index (χ0v) is 31.8. The number of nitrogens with one attached hydrogen (secondary N) is 6. The molecule has 0 saturated carbocycles. The second kappa shape index (κ2) is 18.7. The van der Waals surface area contributed by atoms with E-state index in [0.717, 1.165) is 39.9 Å². The number of aliphatic hydroxyl groups is 1. The van der Waals surface area contributed by atoms with Crippen LogP contribution in [0.3, 0.4) is 0 Å². The number of halogens is 1. The van der Waals surface area contributed by atoms with Gasteiger partial charge in [-0.2, -0.15) is 0 Å². The van der Waals surface area contributed by atoms with Crippen LogP contribution in [0.4, 0.5) is 9.18 Å². The molecule has 58 heavy (non-hydrogen) atoms. The van der Waals surface area contributed by atoms with Crippen molar-refractivity contribution in [1.82, 2.24) is 40.7 Å². The van der Waals surface area contributed by atoms with E-state index in [1.165, 1.54) is 37.9 Å². The standard InChI is InChI=1S/C38H46FN9O10/c1-19(40)34(53)47(3)20(2)31(33(52)42-18-24-16-29(49)35(58-24)48-13-12-30(50)45-38(48)57)46-32(51)27(14-21-8-10-23(39)11-9-21)43-37(56)44-28(36(54)55)15-22-17-41-26-7-5-4-6-25(22)26/h4-13,17,19-20,24,27-29,31,35,41,49H,14-16,18,40H2,1-3H3,(H,42,52)(H,46,51)(H,54,55)(H2,43,44,56)(H,45,50,57)/t19-,20-,24+,27-,28-,29+,31-,35+/m0/s1. The summed E-state index contributed by atoms with van der Waals surface area (Å²) in [6.07, 6.45) is -0.760. The number of nitrogens with zero attached hydrogens (tertiary/aromatic N) is 2. The normalized spacial score (nSPS) is 19.0. The summed E-state index contributed by atoms with van der Waals surface area (Å²) in [7, 11) is 1.38. The molecule has 0 unspecified atom stereocenters. The second-order valence-electron chi connectivity index (χ2n) is 14.1. The number of ether oxygens (including phenoxy) is 1. The van der Waals surface area contributed by atoms with E-state index in [1.54, 1.807) is 18.3 Å². The van der Waals surface area contributed by atoms with Crippen molar-refractivity contribution in [2.45, 2.75) is 81.8 Å². The van der Waals surface area contributed by atoms with Gasteiger partial charge in [0.05, 0.1) is 18.2 Å². The van der Waals surface area contributed by atoms with Gasteiger partial charge in [0.15, 0.2) is 6.23 Å². The Labute approximate surface area is 330 Å². The number of aromatic amines is 2. The van der Waals surface area contributed by atoms with Crippen LogP contribution in [0.25, 0.3) is 10.9 Å². The van der Waals surface area contributed by atoms with Crippen molar-refractivity contribution in [3.63, 3.8) is 0 Å². The molecule has 0 spiro atoms. The highest BCUT2D eigenvalue weighted by Gasteiger charge is 2.38. The monoisotopic (exact) mass is 807 g/mol. The largest absolute Gasteiger partial charge is 0.480 e. The maximum atomic E-state index is 14.1. The summed E-state index contributed by atoms with van der Waals surface area (Å²) < 4.78 is 20.6. The quantitative estimate of drug-likeness (QED) is 0.0676. The van der Waals surface area contributed by atoms with Crippen molar-refractivity contribution in [2.24, 2.45) is 5.73 Å². The van der Waals surface area contributed by atoms with Crippen molar-refractivity contribution < 1.29 is 43.3 Å². The number of H-pyrrole nitrogens is 2. The number of urea groups is 1. The van der Waals surface area contributed by atoms with Crippen molar-refractivity contribution in [3.8, 4) is 0 Å². The maximum Gasteiger partial charge on any atom is 0.330 e. The molecule has 2 aromatic carbocycles. The summed E-state index contributed by atoms with van der Waals surface area (Å²) in [5.41, 5.74) is 6.16. The average molecular weight is 808 g/mol. The van der Waals surface area contributed by atoms with E-state index < -0.39 is 95.4 Å². The summed E-state index contributed by atoms with van der Waals surface area (Å²) in [6.45, 7) is 2.70. The number of carboxylic acids is 1. The number of likely N-dealkylation sites (N-methyl/N-ethyl adjacent to an activating group) is 1. The number of nitrogens with two attached hydrogens (primary N) is 1.